The molecule has 0 amide bonds. The maximum Gasteiger partial charge on any atom is 0.124 e. The van der Waals surface area contributed by atoms with E-state index in [-0.39, 0.29) is 0 Å². The van der Waals surface area contributed by atoms with Crippen LogP contribution in [0.3, 0.4) is 0 Å². The van der Waals surface area contributed by atoms with E-state index in [1.54, 1.807) is 0 Å². The molecular formula is C19H29NO. The highest BCUT2D eigenvalue weighted by molar-refractivity contribution is 5.40. The summed E-state index contributed by atoms with van der Waals surface area (Å²) in [4.78, 5) is 0. The van der Waals surface area contributed by atoms with Crippen LogP contribution in [0, 0.1) is 24.7 Å². The fraction of sp³-hybridized carbons (Fsp3) is 0.684. The molecule has 2 fully saturated rings. The van der Waals surface area contributed by atoms with Gasteiger partial charge in [0.15, 0.2) is 0 Å². The predicted molar refractivity (Wildman–Crippen MR) is 87.7 cm³/mol. The molecule has 4 atom stereocenters. The Kier molecular flexibility index (Phi) is 4.54. The first-order valence-corrected chi connectivity index (χ1v) is 8.69. The van der Waals surface area contributed by atoms with E-state index in [0.717, 1.165) is 36.7 Å². The summed E-state index contributed by atoms with van der Waals surface area (Å²) < 4.78 is 5.92. The average Bonchev–Trinajstić information content (AvgIpc) is 3.10. The van der Waals surface area contributed by atoms with Crippen LogP contribution < -0.4 is 10.1 Å². The van der Waals surface area contributed by atoms with Gasteiger partial charge in [0.25, 0.3) is 0 Å². The molecule has 3 rings (SSSR count). The summed E-state index contributed by atoms with van der Waals surface area (Å²) >= 11 is 0. The minimum Gasteiger partial charge on any atom is -0.494 e. The van der Waals surface area contributed by atoms with Gasteiger partial charge >= 0.3 is 0 Å². The van der Waals surface area contributed by atoms with Gasteiger partial charge in [0.2, 0.25) is 0 Å². The lowest BCUT2D eigenvalue weighted by molar-refractivity contribution is 0.244. The Balaban J connectivity index is 1.91. The van der Waals surface area contributed by atoms with Crippen LogP contribution in [-0.2, 0) is 0 Å². The lowest BCUT2D eigenvalue weighted by Crippen LogP contribution is -2.31. The van der Waals surface area contributed by atoms with Crippen molar-refractivity contribution in [2.24, 2.45) is 17.8 Å². The molecule has 0 spiro atoms. The van der Waals surface area contributed by atoms with Crippen molar-refractivity contribution in [3.8, 4) is 5.75 Å². The first-order valence-electron chi connectivity index (χ1n) is 8.69. The van der Waals surface area contributed by atoms with E-state index in [2.05, 4.69) is 44.3 Å². The van der Waals surface area contributed by atoms with Gasteiger partial charge in [-0.3, -0.25) is 0 Å². The predicted octanol–water partition coefficient (Wildman–Crippen LogP) is 4.48. The molecule has 2 saturated carbocycles. The Labute approximate surface area is 129 Å². The zero-order chi connectivity index (χ0) is 14.8. The van der Waals surface area contributed by atoms with Gasteiger partial charge in [0.05, 0.1) is 6.61 Å². The number of ether oxygens (including phenoxy) is 1. The molecule has 2 nitrogen and oxygen atoms in total. The van der Waals surface area contributed by atoms with Gasteiger partial charge in [0.1, 0.15) is 5.75 Å². The molecule has 1 aromatic carbocycles. The van der Waals surface area contributed by atoms with E-state index in [1.807, 2.05) is 0 Å². The Hall–Kier alpha value is -1.02. The monoisotopic (exact) mass is 287 g/mol. The van der Waals surface area contributed by atoms with E-state index in [4.69, 9.17) is 4.74 Å². The zero-order valence-electron chi connectivity index (χ0n) is 13.7. The number of nitrogens with one attached hydrogen (secondary N) is 1. The molecule has 21 heavy (non-hydrogen) atoms. The Morgan fingerprint density at radius 1 is 1.24 bits per heavy atom. The quantitative estimate of drug-likeness (QED) is 0.833. The van der Waals surface area contributed by atoms with Crippen molar-refractivity contribution in [3.63, 3.8) is 0 Å². The number of benzene rings is 1. The Bertz CT molecular complexity index is 484. The smallest absolute Gasteiger partial charge is 0.124 e. The largest absolute Gasteiger partial charge is 0.494 e. The molecule has 0 aliphatic heterocycles. The van der Waals surface area contributed by atoms with Crippen molar-refractivity contribution >= 4 is 0 Å². The van der Waals surface area contributed by atoms with E-state index < -0.39 is 0 Å². The van der Waals surface area contributed by atoms with E-state index in [1.165, 1.54) is 36.8 Å². The van der Waals surface area contributed by atoms with Gasteiger partial charge in [-0.15, -0.1) is 0 Å². The molecule has 0 radical (unpaired) electrons. The summed E-state index contributed by atoms with van der Waals surface area (Å²) in [5.41, 5.74) is 2.72. The third-order valence-corrected chi connectivity index (χ3v) is 5.45. The van der Waals surface area contributed by atoms with Crippen LogP contribution >= 0.6 is 0 Å². The molecule has 1 aromatic rings. The summed E-state index contributed by atoms with van der Waals surface area (Å²) in [6.07, 6.45) is 5.77. The van der Waals surface area contributed by atoms with E-state index in [9.17, 15) is 0 Å². The first kappa shape index (κ1) is 14.9. The maximum absolute atomic E-state index is 5.92. The highest BCUT2D eigenvalue weighted by atomic mass is 16.5. The normalized spacial score (nSPS) is 28.8. The second-order valence-electron chi connectivity index (χ2n) is 6.85. The summed E-state index contributed by atoms with van der Waals surface area (Å²) in [6, 6.07) is 7.13. The maximum atomic E-state index is 5.92. The second kappa shape index (κ2) is 6.39. The molecule has 4 unspecified atom stereocenters. The SMILES string of the molecule is CCNC(c1cc(C)ccc1OCC)C1CC2CCC1C2. The Morgan fingerprint density at radius 2 is 2.10 bits per heavy atom. The van der Waals surface area contributed by atoms with Crippen LogP contribution in [0.2, 0.25) is 0 Å². The van der Waals surface area contributed by atoms with Crippen LogP contribution in [0.5, 0.6) is 5.75 Å². The molecule has 2 aliphatic carbocycles. The topological polar surface area (TPSA) is 21.3 Å². The molecule has 0 saturated heterocycles. The van der Waals surface area contributed by atoms with Crippen molar-refractivity contribution in [2.45, 2.75) is 52.5 Å². The van der Waals surface area contributed by atoms with Gasteiger partial charge in [-0.25, -0.2) is 0 Å². The lowest BCUT2D eigenvalue weighted by Gasteiger charge is -2.32. The molecule has 2 heteroatoms. The molecular weight excluding hydrogens is 258 g/mol. The average molecular weight is 287 g/mol. The van der Waals surface area contributed by atoms with E-state index in [0.29, 0.717) is 6.04 Å². The summed E-state index contributed by atoms with van der Waals surface area (Å²) in [5.74, 6) is 3.79. The third-order valence-electron chi connectivity index (χ3n) is 5.45. The highest BCUT2D eigenvalue weighted by Gasteiger charge is 2.43. The van der Waals surface area contributed by atoms with Crippen LogP contribution in [-0.4, -0.2) is 13.2 Å². The van der Waals surface area contributed by atoms with Gasteiger partial charge in [0, 0.05) is 11.6 Å². The van der Waals surface area contributed by atoms with Gasteiger partial charge in [-0.2, -0.15) is 0 Å². The minimum atomic E-state index is 0.465. The fourth-order valence-corrected chi connectivity index (χ4v) is 4.61. The lowest BCUT2D eigenvalue weighted by atomic mass is 9.80. The Morgan fingerprint density at radius 3 is 2.71 bits per heavy atom. The minimum absolute atomic E-state index is 0.465. The molecule has 0 aromatic heterocycles. The van der Waals surface area contributed by atoms with Crippen LogP contribution in [0.1, 0.15) is 56.7 Å². The van der Waals surface area contributed by atoms with Crippen LogP contribution in [0.15, 0.2) is 18.2 Å². The number of hydrogen-bond donors (Lipinski definition) is 1. The fourth-order valence-electron chi connectivity index (χ4n) is 4.61. The molecule has 0 heterocycles. The molecule has 116 valence electrons. The van der Waals surface area contributed by atoms with Crippen LogP contribution in [0.25, 0.3) is 0 Å². The van der Waals surface area contributed by atoms with Crippen molar-refractivity contribution in [2.75, 3.05) is 13.2 Å². The van der Waals surface area contributed by atoms with Gasteiger partial charge in [-0.05, 0) is 63.5 Å². The molecule has 1 N–H and O–H groups in total. The second-order valence-corrected chi connectivity index (χ2v) is 6.85. The standard InChI is InChI=1S/C19H29NO/c1-4-20-19(16-12-14-7-8-15(16)11-14)17-10-13(3)6-9-18(17)21-5-2/h6,9-10,14-16,19-20H,4-5,7-8,11-12H2,1-3H3. The summed E-state index contributed by atoms with van der Waals surface area (Å²) in [5, 5.41) is 3.77. The molecule has 2 aliphatic rings. The van der Waals surface area contributed by atoms with Gasteiger partial charge in [-0.1, -0.05) is 31.0 Å². The summed E-state index contributed by atoms with van der Waals surface area (Å²) in [6.45, 7) is 8.24. The number of fused-ring (bicyclic) bond motifs is 2. The van der Waals surface area contributed by atoms with E-state index >= 15 is 0 Å². The highest BCUT2D eigenvalue weighted by Crippen LogP contribution is 2.53. The molecule has 2 bridgehead atoms. The van der Waals surface area contributed by atoms with Crippen molar-refractivity contribution in [3.05, 3.63) is 29.3 Å². The first-order chi connectivity index (χ1) is 10.2. The van der Waals surface area contributed by atoms with Gasteiger partial charge < -0.3 is 10.1 Å². The van der Waals surface area contributed by atoms with Crippen LogP contribution in [0.4, 0.5) is 0 Å². The summed E-state index contributed by atoms with van der Waals surface area (Å²) in [7, 11) is 0. The van der Waals surface area contributed by atoms with Crippen molar-refractivity contribution in [1.29, 1.82) is 0 Å². The number of hydrogen-bond acceptors (Lipinski definition) is 2. The van der Waals surface area contributed by atoms with Crippen molar-refractivity contribution < 1.29 is 4.74 Å². The number of aryl methyl sites for hydroxylation is 1. The number of rotatable bonds is 6. The zero-order valence-corrected chi connectivity index (χ0v) is 13.7. The van der Waals surface area contributed by atoms with Crippen molar-refractivity contribution in [1.82, 2.24) is 5.32 Å². The third kappa shape index (κ3) is 2.96.